The number of anilines is 2. The molecular formula is C12H15N9. The molecule has 0 saturated carbocycles. The highest BCUT2D eigenvalue weighted by Gasteiger charge is 2.06. The van der Waals surface area contributed by atoms with Gasteiger partial charge in [-0.3, -0.25) is 4.68 Å². The van der Waals surface area contributed by atoms with Crippen LogP contribution in [0, 0.1) is 0 Å². The van der Waals surface area contributed by atoms with Gasteiger partial charge in [0.15, 0.2) is 0 Å². The Morgan fingerprint density at radius 1 is 1.24 bits per heavy atom. The summed E-state index contributed by atoms with van der Waals surface area (Å²) < 4.78 is 3.30. The van der Waals surface area contributed by atoms with Crippen LogP contribution in [-0.2, 0) is 13.5 Å². The molecule has 3 aromatic heterocycles. The molecule has 3 N–H and O–H groups in total. The first-order valence-electron chi connectivity index (χ1n) is 6.45. The predicted octanol–water partition coefficient (Wildman–Crippen LogP) is 0.0276. The van der Waals surface area contributed by atoms with Gasteiger partial charge in [-0.15, -0.1) is 0 Å². The van der Waals surface area contributed by atoms with Gasteiger partial charge in [0.05, 0.1) is 5.69 Å². The highest BCUT2D eigenvalue weighted by atomic mass is 15.4. The zero-order chi connectivity index (χ0) is 14.7. The molecule has 0 unspecified atom stereocenters. The van der Waals surface area contributed by atoms with Crippen LogP contribution in [0.3, 0.4) is 0 Å². The van der Waals surface area contributed by atoms with Crippen molar-refractivity contribution in [2.24, 2.45) is 7.05 Å². The number of rotatable bonds is 5. The maximum atomic E-state index is 5.69. The fourth-order valence-electron chi connectivity index (χ4n) is 1.85. The standard InChI is InChI=1S/C12H15N9/c1-20-8-4-9(19-20)3-6-14-11-16-10(13)17-12(18-11)21-7-2-5-15-21/h2,4-5,7-8H,3,6H2,1H3,(H3,13,14,16,17,18). The number of hydrogen-bond acceptors (Lipinski definition) is 7. The summed E-state index contributed by atoms with van der Waals surface area (Å²) in [6.45, 7) is 0.652. The Bertz CT molecular complexity index is 716. The molecule has 3 rings (SSSR count). The third-order valence-electron chi connectivity index (χ3n) is 2.78. The van der Waals surface area contributed by atoms with E-state index in [2.05, 4.69) is 30.5 Å². The molecule has 0 aliphatic heterocycles. The second kappa shape index (κ2) is 5.57. The van der Waals surface area contributed by atoms with Gasteiger partial charge in [0.2, 0.25) is 11.9 Å². The highest BCUT2D eigenvalue weighted by Crippen LogP contribution is 2.06. The zero-order valence-corrected chi connectivity index (χ0v) is 11.5. The van der Waals surface area contributed by atoms with Crippen LogP contribution < -0.4 is 11.1 Å². The van der Waals surface area contributed by atoms with Crippen LogP contribution in [0.25, 0.3) is 5.95 Å². The van der Waals surface area contributed by atoms with Crippen molar-refractivity contribution in [3.63, 3.8) is 0 Å². The van der Waals surface area contributed by atoms with E-state index in [1.54, 1.807) is 23.1 Å². The summed E-state index contributed by atoms with van der Waals surface area (Å²) >= 11 is 0. The second-order valence-corrected chi connectivity index (χ2v) is 4.43. The van der Waals surface area contributed by atoms with E-state index < -0.39 is 0 Å². The topological polar surface area (TPSA) is 112 Å². The van der Waals surface area contributed by atoms with Crippen molar-refractivity contribution < 1.29 is 0 Å². The van der Waals surface area contributed by atoms with Crippen molar-refractivity contribution >= 4 is 11.9 Å². The molecule has 3 heterocycles. The zero-order valence-electron chi connectivity index (χ0n) is 11.5. The second-order valence-electron chi connectivity index (χ2n) is 4.43. The summed E-state index contributed by atoms with van der Waals surface area (Å²) in [7, 11) is 1.89. The lowest BCUT2D eigenvalue weighted by Gasteiger charge is -2.06. The van der Waals surface area contributed by atoms with Crippen LogP contribution in [0.1, 0.15) is 5.69 Å². The van der Waals surface area contributed by atoms with Crippen LogP contribution in [0.4, 0.5) is 11.9 Å². The minimum atomic E-state index is 0.149. The van der Waals surface area contributed by atoms with Crippen molar-refractivity contribution in [2.75, 3.05) is 17.6 Å². The fraction of sp³-hybridized carbons (Fsp3) is 0.250. The van der Waals surface area contributed by atoms with Crippen LogP contribution in [-0.4, -0.2) is 41.1 Å². The normalized spacial score (nSPS) is 10.7. The Morgan fingerprint density at radius 2 is 2.14 bits per heavy atom. The molecule has 0 aliphatic rings. The Balaban J connectivity index is 1.68. The maximum absolute atomic E-state index is 5.69. The van der Waals surface area contributed by atoms with Crippen LogP contribution in [0.5, 0.6) is 0 Å². The third kappa shape index (κ3) is 3.14. The molecular weight excluding hydrogens is 270 g/mol. The van der Waals surface area contributed by atoms with Crippen LogP contribution in [0.2, 0.25) is 0 Å². The van der Waals surface area contributed by atoms with E-state index in [0.717, 1.165) is 12.1 Å². The first kappa shape index (κ1) is 13.0. The molecule has 9 nitrogen and oxygen atoms in total. The van der Waals surface area contributed by atoms with Crippen molar-refractivity contribution in [3.8, 4) is 5.95 Å². The van der Waals surface area contributed by atoms with Gasteiger partial charge in [-0.05, 0) is 12.1 Å². The average Bonchev–Trinajstić information content (AvgIpc) is 3.10. The van der Waals surface area contributed by atoms with Crippen molar-refractivity contribution in [1.29, 1.82) is 0 Å². The SMILES string of the molecule is Cn1ccc(CCNc2nc(N)nc(-n3cccn3)n2)n1. The summed E-state index contributed by atoms with van der Waals surface area (Å²) in [6.07, 6.45) is 6.07. The Hall–Kier alpha value is -2.97. The van der Waals surface area contributed by atoms with E-state index in [-0.39, 0.29) is 5.95 Å². The van der Waals surface area contributed by atoms with E-state index >= 15 is 0 Å². The molecule has 108 valence electrons. The monoisotopic (exact) mass is 285 g/mol. The van der Waals surface area contributed by atoms with Gasteiger partial charge < -0.3 is 11.1 Å². The van der Waals surface area contributed by atoms with Gasteiger partial charge >= 0.3 is 0 Å². The number of nitrogens with zero attached hydrogens (tertiary/aromatic N) is 7. The first-order chi connectivity index (χ1) is 10.2. The third-order valence-corrected chi connectivity index (χ3v) is 2.78. The average molecular weight is 285 g/mol. The van der Waals surface area contributed by atoms with Gasteiger partial charge in [-0.1, -0.05) is 0 Å². The predicted molar refractivity (Wildman–Crippen MR) is 76.8 cm³/mol. The van der Waals surface area contributed by atoms with Gasteiger partial charge in [-0.25, -0.2) is 4.68 Å². The fourth-order valence-corrected chi connectivity index (χ4v) is 1.85. The Labute approximate surface area is 120 Å². The first-order valence-corrected chi connectivity index (χ1v) is 6.45. The quantitative estimate of drug-likeness (QED) is 0.680. The van der Waals surface area contributed by atoms with E-state index in [4.69, 9.17) is 5.73 Å². The van der Waals surface area contributed by atoms with Crippen molar-refractivity contribution in [3.05, 3.63) is 36.4 Å². The summed E-state index contributed by atoms with van der Waals surface area (Å²) in [5, 5.41) is 11.5. The van der Waals surface area contributed by atoms with E-state index in [1.807, 2.05) is 19.3 Å². The number of nitrogens with one attached hydrogen (secondary N) is 1. The summed E-state index contributed by atoms with van der Waals surface area (Å²) in [5.41, 5.74) is 6.69. The van der Waals surface area contributed by atoms with Crippen LogP contribution in [0.15, 0.2) is 30.7 Å². The highest BCUT2D eigenvalue weighted by molar-refractivity contribution is 5.34. The summed E-state index contributed by atoms with van der Waals surface area (Å²) in [4.78, 5) is 12.4. The van der Waals surface area contributed by atoms with E-state index in [0.29, 0.717) is 18.4 Å². The summed E-state index contributed by atoms with van der Waals surface area (Å²) in [6, 6.07) is 3.76. The van der Waals surface area contributed by atoms with Gasteiger partial charge in [0.25, 0.3) is 5.95 Å². The molecule has 0 bridgehead atoms. The molecule has 3 aromatic rings. The summed E-state index contributed by atoms with van der Waals surface area (Å²) in [5.74, 6) is 0.951. The van der Waals surface area contributed by atoms with E-state index in [1.165, 1.54) is 4.68 Å². The molecule has 0 fully saturated rings. The number of nitrogens with two attached hydrogens (primary N) is 1. The van der Waals surface area contributed by atoms with Gasteiger partial charge in [-0.2, -0.15) is 25.1 Å². The lowest BCUT2D eigenvalue weighted by atomic mass is 10.3. The molecule has 0 radical (unpaired) electrons. The van der Waals surface area contributed by atoms with Crippen molar-refractivity contribution in [2.45, 2.75) is 6.42 Å². The molecule has 0 atom stereocenters. The van der Waals surface area contributed by atoms with Crippen LogP contribution >= 0.6 is 0 Å². The number of hydrogen-bond donors (Lipinski definition) is 2. The molecule has 21 heavy (non-hydrogen) atoms. The Kier molecular flexibility index (Phi) is 3.46. The maximum Gasteiger partial charge on any atom is 0.257 e. The molecule has 0 spiro atoms. The minimum absolute atomic E-state index is 0.149. The number of aromatic nitrogens is 7. The van der Waals surface area contributed by atoms with E-state index in [9.17, 15) is 0 Å². The number of aryl methyl sites for hydroxylation is 1. The smallest absolute Gasteiger partial charge is 0.257 e. The molecule has 0 saturated heterocycles. The molecule has 0 aromatic carbocycles. The van der Waals surface area contributed by atoms with Gasteiger partial charge in [0.1, 0.15) is 0 Å². The lowest BCUT2D eigenvalue weighted by molar-refractivity contribution is 0.741. The Morgan fingerprint density at radius 3 is 2.86 bits per heavy atom. The van der Waals surface area contributed by atoms with Gasteiger partial charge in [0, 0.05) is 38.6 Å². The minimum Gasteiger partial charge on any atom is -0.368 e. The largest absolute Gasteiger partial charge is 0.368 e. The van der Waals surface area contributed by atoms with Crippen molar-refractivity contribution in [1.82, 2.24) is 34.5 Å². The molecule has 0 amide bonds. The molecule has 0 aliphatic carbocycles. The number of nitrogen functional groups attached to an aromatic ring is 1. The molecule has 9 heteroatoms. The lowest BCUT2D eigenvalue weighted by Crippen LogP contribution is -2.13.